The highest BCUT2D eigenvalue weighted by molar-refractivity contribution is 7.86. The van der Waals surface area contributed by atoms with Crippen LogP contribution >= 0.6 is 0 Å². The van der Waals surface area contributed by atoms with Crippen molar-refractivity contribution in [3.8, 4) is 11.5 Å². The maximum atomic E-state index is 15.2. The molecule has 37 heavy (non-hydrogen) atoms. The molecule has 0 saturated heterocycles. The number of aryl methyl sites for hydroxylation is 1. The highest BCUT2D eigenvalue weighted by atomic mass is 32.2. The number of rotatable bonds is 7. The van der Waals surface area contributed by atoms with Crippen molar-refractivity contribution in [2.75, 3.05) is 5.32 Å². The molecule has 1 amide bonds. The van der Waals surface area contributed by atoms with E-state index in [1.165, 1.54) is 6.07 Å². The molecule has 0 spiro atoms. The molecule has 1 aliphatic carbocycles. The summed E-state index contributed by atoms with van der Waals surface area (Å²) in [6.07, 6.45) is 6.91. The van der Waals surface area contributed by atoms with Gasteiger partial charge in [0.15, 0.2) is 11.6 Å². The minimum absolute atomic E-state index is 0.00721. The molecule has 7 nitrogen and oxygen atoms in total. The topological polar surface area (TPSA) is 86.1 Å². The Morgan fingerprint density at radius 3 is 2.68 bits per heavy atom. The van der Waals surface area contributed by atoms with Crippen LogP contribution in [0.25, 0.3) is 10.9 Å². The van der Waals surface area contributed by atoms with Crippen molar-refractivity contribution in [3.05, 3.63) is 71.9 Å². The zero-order valence-electron chi connectivity index (χ0n) is 21.2. The fourth-order valence-corrected chi connectivity index (χ4v) is 5.46. The molecule has 1 unspecified atom stereocenters. The molecule has 0 radical (unpaired) electrons. The molecule has 1 aliphatic rings. The summed E-state index contributed by atoms with van der Waals surface area (Å²) in [5.74, 6) is -0.317. The van der Waals surface area contributed by atoms with Gasteiger partial charge in [-0.15, -0.1) is 0 Å². The molecule has 1 fully saturated rings. The third-order valence-electron chi connectivity index (χ3n) is 6.15. The quantitative estimate of drug-likeness (QED) is 0.329. The average molecular weight is 521 g/mol. The van der Waals surface area contributed by atoms with E-state index in [-0.39, 0.29) is 28.9 Å². The van der Waals surface area contributed by atoms with Gasteiger partial charge in [0.25, 0.3) is 0 Å². The van der Waals surface area contributed by atoms with Crippen LogP contribution in [0.15, 0.2) is 59.9 Å². The molecule has 2 aromatic heterocycles. The molecule has 192 valence electrons. The van der Waals surface area contributed by atoms with Gasteiger partial charge in [-0.1, -0.05) is 6.07 Å². The van der Waals surface area contributed by atoms with E-state index in [1.807, 2.05) is 39.0 Å². The Balaban J connectivity index is 1.34. The second-order valence-electron chi connectivity index (χ2n) is 10.4. The maximum absolute atomic E-state index is 15.2. The lowest BCUT2D eigenvalue weighted by molar-refractivity contribution is -0.115. The number of halogens is 1. The van der Waals surface area contributed by atoms with Gasteiger partial charge in [-0.05, 0) is 82.0 Å². The van der Waals surface area contributed by atoms with Crippen LogP contribution in [0.2, 0.25) is 0 Å². The normalized spacial score (nSPS) is 14.5. The lowest BCUT2D eigenvalue weighted by atomic mass is 10.1. The molecule has 2 heterocycles. The molecular formula is C28H29FN4O3S. The van der Waals surface area contributed by atoms with Gasteiger partial charge in [0, 0.05) is 27.9 Å². The Bertz CT molecular complexity index is 1500. The second kappa shape index (κ2) is 9.70. The number of fused-ring (bicyclic) bond motifs is 1. The number of ether oxygens (including phenoxy) is 1. The first kappa shape index (κ1) is 25.1. The number of nitrogens with zero attached hydrogens (tertiary/aromatic N) is 3. The van der Waals surface area contributed by atoms with E-state index in [4.69, 9.17) is 4.74 Å². The number of carbonyl (C=O) groups excluding carboxylic acids is 1. The number of pyridine rings is 1. The van der Waals surface area contributed by atoms with Crippen molar-refractivity contribution >= 4 is 33.3 Å². The van der Waals surface area contributed by atoms with E-state index in [0.717, 1.165) is 17.7 Å². The average Bonchev–Trinajstić information content (AvgIpc) is 3.58. The first-order chi connectivity index (χ1) is 17.6. The number of hydrogen-bond acceptors (Lipinski definition) is 5. The summed E-state index contributed by atoms with van der Waals surface area (Å²) < 4.78 is 35.7. The monoisotopic (exact) mass is 520 g/mol. The molecule has 1 atom stereocenters. The van der Waals surface area contributed by atoms with E-state index in [1.54, 1.807) is 42.3 Å². The Morgan fingerprint density at radius 1 is 1.22 bits per heavy atom. The number of aromatic nitrogens is 3. The predicted molar refractivity (Wildman–Crippen MR) is 142 cm³/mol. The summed E-state index contributed by atoms with van der Waals surface area (Å²) in [6.45, 7) is 7.79. The first-order valence-electron chi connectivity index (χ1n) is 12.2. The molecular weight excluding hydrogens is 491 g/mol. The molecule has 0 aliphatic heterocycles. The standard InChI is InChI=1S/C28H29FN4O3S/c1-17-11-18(13-26(34)32-19-15-31-33(16-19)28(2,3)4)12-23(29)27(17)36-25-9-10-30-24-8-7-21(14-22(24)25)37(35)20-5-6-20/h7-12,14-16,20H,5-6,13H2,1-4H3,(H,32,34). The minimum Gasteiger partial charge on any atom is -0.453 e. The Kier molecular flexibility index (Phi) is 6.58. The van der Waals surface area contributed by atoms with Gasteiger partial charge in [0.05, 0.1) is 40.2 Å². The van der Waals surface area contributed by atoms with Gasteiger partial charge in [-0.2, -0.15) is 5.10 Å². The number of nitrogens with one attached hydrogen (secondary N) is 1. The Labute approximate surface area is 217 Å². The number of amides is 1. The Hall–Kier alpha value is -3.59. The highest BCUT2D eigenvalue weighted by Gasteiger charge is 2.29. The van der Waals surface area contributed by atoms with Crippen molar-refractivity contribution in [2.45, 2.75) is 62.6 Å². The summed E-state index contributed by atoms with van der Waals surface area (Å²) in [6, 6.07) is 10.2. The minimum atomic E-state index is -1.07. The number of carbonyl (C=O) groups is 1. The number of benzene rings is 2. The summed E-state index contributed by atoms with van der Waals surface area (Å²) in [7, 11) is -1.07. The van der Waals surface area contributed by atoms with Crippen LogP contribution in [-0.4, -0.2) is 30.1 Å². The lowest BCUT2D eigenvalue weighted by Gasteiger charge is -2.18. The van der Waals surface area contributed by atoms with E-state index in [2.05, 4.69) is 15.4 Å². The van der Waals surface area contributed by atoms with Crippen molar-refractivity contribution in [1.82, 2.24) is 14.8 Å². The van der Waals surface area contributed by atoms with Gasteiger partial charge >= 0.3 is 0 Å². The van der Waals surface area contributed by atoms with E-state index in [9.17, 15) is 9.00 Å². The molecule has 0 bridgehead atoms. The van der Waals surface area contributed by atoms with Crippen molar-refractivity contribution in [3.63, 3.8) is 0 Å². The second-order valence-corrected chi connectivity index (χ2v) is 12.1. The summed E-state index contributed by atoms with van der Waals surface area (Å²) in [4.78, 5) is 17.7. The summed E-state index contributed by atoms with van der Waals surface area (Å²) in [5, 5.41) is 7.97. The predicted octanol–water partition coefficient (Wildman–Crippen LogP) is 5.88. The van der Waals surface area contributed by atoms with Crippen LogP contribution in [0.3, 0.4) is 0 Å². The van der Waals surface area contributed by atoms with Crippen molar-refractivity contribution in [1.29, 1.82) is 0 Å². The molecule has 2 aromatic carbocycles. The molecule has 4 aromatic rings. The van der Waals surface area contributed by atoms with Crippen LogP contribution in [0.5, 0.6) is 11.5 Å². The van der Waals surface area contributed by atoms with Gasteiger partial charge < -0.3 is 10.1 Å². The summed E-state index contributed by atoms with van der Waals surface area (Å²) >= 11 is 0. The van der Waals surface area contributed by atoms with Crippen LogP contribution in [-0.2, 0) is 27.6 Å². The summed E-state index contributed by atoms with van der Waals surface area (Å²) in [5.41, 5.74) is 2.16. The van der Waals surface area contributed by atoms with Gasteiger partial charge in [0.2, 0.25) is 5.91 Å². The SMILES string of the molecule is Cc1cc(CC(=O)Nc2cnn(C(C)(C)C)c2)cc(F)c1Oc1ccnc2ccc(S(=O)C3CC3)cc12. The zero-order valence-corrected chi connectivity index (χ0v) is 22.1. The number of anilines is 1. The molecule has 1 saturated carbocycles. The van der Waals surface area contributed by atoms with Crippen LogP contribution in [0, 0.1) is 12.7 Å². The smallest absolute Gasteiger partial charge is 0.228 e. The van der Waals surface area contributed by atoms with Crippen LogP contribution in [0.1, 0.15) is 44.7 Å². The fourth-order valence-electron chi connectivity index (χ4n) is 4.08. The molecule has 5 rings (SSSR count). The molecule has 9 heteroatoms. The largest absolute Gasteiger partial charge is 0.453 e. The third-order valence-corrected chi connectivity index (χ3v) is 7.95. The maximum Gasteiger partial charge on any atom is 0.228 e. The van der Waals surface area contributed by atoms with Gasteiger partial charge in [-0.3, -0.25) is 18.7 Å². The van der Waals surface area contributed by atoms with Crippen LogP contribution in [0.4, 0.5) is 10.1 Å². The molecule has 1 N–H and O–H groups in total. The van der Waals surface area contributed by atoms with Crippen molar-refractivity contribution in [2.24, 2.45) is 0 Å². The van der Waals surface area contributed by atoms with Gasteiger partial charge in [0.1, 0.15) is 5.75 Å². The lowest BCUT2D eigenvalue weighted by Crippen LogP contribution is -2.22. The zero-order chi connectivity index (χ0) is 26.3. The van der Waals surface area contributed by atoms with E-state index >= 15 is 4.39 Å². The van der Waals surface area contributed by atoms with E-state index < -0.39 is 16.6 Å². The van der Waals surface area contributed by atoms with Gasteiger partial charge in [-0.25, -0.2) is 4.39 Å². The number of hydrogen-bond donors (Lipinski definition) is 1. The van der Waals surface area contributed by atoms with Crippen molar-refractivity contribution < 1.29 is 18.1 Å². The fraction of sp³-hybridized carbons (Fsp3) is 0.321. The third kappa shape index (κ3) is 5.56. The highest BCUT2D eigenvalue weighted by Crippen LogP contribution is 2.36. The van der Waals surface area contributed by atoms with E-state index in [0.29, 0.717) is 33.5 Å². The van der Waals surface area contributed by atoms with Crippen LogP contribution < -0.4 is 10.1 Å². The Morgan fingerprint density at radius 2 is 2.00 bits per heavy atom. The first-order valence-corrected chi connectivity index (χ1v) is 13.4.